The lowest BCUT2D eigenvalue weighted by Gasteiger charge is -2.33. The molecule has 0 unspecified atom stereocenters. The zero-order valence-electron chi connectivity index (χ0n) is 15.7. The maximum Gasteiger partial charge on any atom is 0.299 e. The van der Waals surface area contributed by atoms with Gasteiger partial charge in [0.05, 0.1) is 16.8 Å². The molecule has 0 bridgehead atoms. The molecule has 2 aromatic rings. The highest BCUT2D eigenvalue weighted by atomic mass is 35.5. The lowest BCUT2D eigenvalue weighted by molar-refractivity contribution is -0.116. The molecule has 29 heavy (non-hydrogen) atoms. The second-order valence-corrected chi connectivity index (χ2v) is 7.94. The first-order chi connectivity index (χ1) is 13.7. The number of nitrogens with two attached hydrogens (primary N) is 1. The second kappa shape index (κ2) is 7.18. The lowest BCUT2D eigenvalue weighted by Crippen LogP contribution is -2.45. The van der Waals surface area contributed by atoms with E-state index >= 15 is 0 Å². The van der Waals surface area contributed by atoms with Gasteiger partial charge in [-0.05, 0) is 49.6 Å². The zero-order chi connectivity index (χ0) is 20.8. The summed E-state index contributed by atoms with van der Waals surface area (Å²) in [7, 11) is 0. The molecule has 2 aliphatic rings. The molecule has 2 heterocycles. The number of halogens is 4. The molecule has 3 N–H and O–H groups in total. The number of pyridine rings is 1. The fourth-order valence-corrected chi connectivity index (χ4v) is 4.04. The summed E-state index contributed by atoms with van der Waals surface area (Å²) in [5.41, 5.74) is 5.63. The maximum atomic E-state index is 14.8. The number of amidine groups is 1. The number of nitrogens with zero attached hydrogens (tertiary/aromatic N) is 2. The van der Waals surface area contributed by atoms with Gasteiger partial charge in [0.1, 0.15) is 24.9 Å². The number of hydrogen-bond donors (Lipinski definition) is 2. The van der Waals surface area contributed by atoms with Crippen LogP contribution < -0.4 is 11.1 Å². The lowest BCUT2D eigenvalue weighted by atomic mass is 9.85. The maximum absolute atomic E-state index is 14.8. The van der Waals surface area contributed by atoms with Crippen molar-refractivity contribution in [2.24, 2.45) is 10.7 Å². The van der Waals surface area contributed by atoms with Crippen molar-refractivity contribution in [3.8, 4) is 0 Å². The van der Waals surface area contributed by atoms with Crippen LogP contribution in [0.1, 0.15) is 36.2 Å². The minimum atomic E-state index is -3.44. The van der Waals surface area contributed by atoms with Crippen LogP contribution in [0.5, 0.6) is 0 Å². The largest absolute Gasteiger partial charge is 0.385 e. The molecule has 0 amide bonds. The Morgan fingerprint density at radius 2 is 2.10 bits per heavy atom. The van der Waals surface area contributed by atoms with Crippen molar-refractivity contribution in [1.82, 2.24) is 4.98 Å². The average Bonchev–Trinajstić information content (AvgIpc) is 2.99. The molecule has 5 nitrogen and oxygen atoms in total. The van der Waals surface area contributed by atoms with Gasteiger partial charge in [0.15, 0.2) is 5.54 Å². The first-order valence-electron chi connectivity index (χ1n) is 9.20. The topological polar surface area (TPSA) is 72.5 Å². The molecular weight excluding hydrogens is 405 g/mol. The summed E-state index contributed by atoms with van der Waals surface area (Å²) < 4.78 is 49.2. The minimum Gasteiger partial charge on any atom is -0.385 e. The van der Waals surface area contributed by atoms with Gasteiger partial charge in [-0.25, -0.2) is 13.2 Å². The molecule has 1 aromatic carbocycles. The van der Waals surface area contributed by atoms with E-state index in [-0.39, 0.29) is 24.0 Å². The molecular formula is C20H20ClF3N4O. The van der Waals surface area contributed by atoms with Crippen molar-refractivity contribution >= 4 is 23.1 Å². The van der Waals surface area contributed by atoms with Gasteiger partial charge in [-0.1, -0.05) is 11.6 Å². The number of alkyl halides is 2. The third-order valence-electron chi connectivity index (χ3n) is 5.44. The molecule has 0 radical (unpaired) electrons. The summed E-state index contributed by atoms with van der Waals surface area (Å²) in [5, 5.41) is 3.83. The van der Waals surface area contributed by atoms with Gasteiger partial charge >= 0.3 is 0 Å². The SMILES string of the molecule is C[C@]1(c2cc(N[C@H]3CCc4cc(Cl)cnc43)ccc2F)N=C(N)COCC1(F)F. The first kappa shape index (κ1) is 20.0. The van der Waals surface area contributed by atoms with Crippen molar-refractivity contribution < 1.29 is 17.9 Å². The quantitative estimate of drug-likeness (QED) is 0.774. The van der Waals surface area contributed by atoms with E-state index in [0.717, 1.165) is 30.2 Å². The molecule has 1 aliphatic carbocycles. The molecule has 0 saturated carbocycles. The Kier molecular flexibility index (Phi) is 4.94. The molecule has 154 valence electrons. The van der Waals surface area contributed by atoms with Crippen molar-refractivity contribution in [2.45, 2.75) is 37.3 Å². The Morgan fingerprint density at radius 1 is 1.31 bits per heavy atom. The van der Waals surface area contributed by atoms with Gasteiger partial charge < -0.3 is 15.8 Å². The molecule has 9 heteroatoms. The second-order valence-electron chi connectivity index (χ2n) is 7.50. The fourth-order valence-electron chi connectivity index (χ4n) is 3.85. The molecule has 0 fully saturated rings. The Bertz CT molecular complexity index is 984. The normalized spacial score (nSPS) is 25.8. The van der Waals surface area contributed by atoms with Crippen molar-refractivity contribution in [2.75, 3.05) is 18.5 Å². The van der Waals surface area contributed by atoms with Crippen LogP contribution in [0.3, 0.4) is 0 Å². The number of aromatic nitrogens is 1. The molecule has 0 spiro atoms. The van der Waals surface area contributed by atoms with Gasteiger partial charge in [-0.15, -0.1) is 0 Å². The van der Waals surface area contributed by atoms with E-state index in [0.29, 0.717) is 10.7 Å². The van der Waals surface area contributed by atoms with E-state index in [1.165, 1.54) is 19.1 Å². The van der Waals surface area contributed by atoms with Crippen molar-refractivity contribution in [3.63, 3.8) is 0 Å². The Morgan fingerprint density at radius 3 is 2.90 bits per heavy atom. The Hall–Kier alpha value is -2.32. The fraction of sp³-hybridized carbons (Fsp3) is 0.400. The summed E-state index contributed by atoms with van der Waals surface area (Å²) in [6.07, 6.45) is 3.13. The van der Waals surface area contributed by atoms with Gasteiger partial charge in [-0.3, -0.25) is 9.98 Å². The third-order valence-corrected chi connectivity index (χ3v) is 5.65. The van der Waals surface area contributed by atoms with Gasteiger partial charge in [0.25, 0.3) is 5.92 Å². The van der Waals surface area contributed by atoms with Crippen LogP contribution in [0.15, 0.2) is 35.5 Å². The van der Waals surface area contributed by atoms with E-state index in [4.69, 9.17) is 22.1 Å². The zero-order valence-corrected chi connectivity index (χ0v) is 16.4. The first-order valence-corrected chi connectivity index (χ1v) is 9.58. The van der Waals surface area contributed by atoms with Gasteiger partial charge in [0.2, 0.25) is 0 Å². The van der Waals surface area contributed by atoms with E-state index < -0.39 is 23.9 Å². The predicted molar refractivity (Wildman–Crippen MR) is 105 cm³/mol. The van der Waals surface area contributed by atoms with Crippen molar-refractivity contribution in [3.05, 3.63) is 58.1 Å². The highest BCUT2D eigenvalue weighted by molar-refractivity contribution is 6.30. The standard InChI is InChI=1S/C20H20ClF3N4O/c1-19(20(23,24)10-29-9-17(25)28-19)14-7-13(3-4-15(14)22)27-16-5-2-11-6-12(21)8-26-18(11)16/h3-4,6-8,16,27H,2,5,9-10H2,1H3,(H2,25,28)/t16-,19+/m0/s1. The predicted octanol–water partition coefficient (Wildman–Crippen LogP) is 4.21. The number of aliphatic imine (C=N–C) groups is 1. The molecule has 4 rings (SSSR count). The number of fused-ring (bicyclic) bond motifs is 1. The van der Waals surface area contributed by atoms with E-state index in [1.54, 1.807) is 6.20 Å². The van der Waals surface area contributed by atoms with Crippen molar-refractivity contribution in [1.29, 1.82) is 0 Å². The molecule has 1 aromatic heterocycles. The van der Waals surface area contributed by atoms with Crippen LogP contribution in [0.4, 0.5) is 18.9 Å². The van der Waals surface area contributed by atoms with E-state index in [9.17, 15) is 13.2 Å². The van der Waals surface area contributed by atoms with Crippen LogP contribution in [-0.2, 0) is 16.7 Å². The van der Waals surface area contributed by atoms with E-state index in [2.05, 4.69) is 15.3 Å². The summed E-state index contributed by atoms with van der Waals surface area (Å²) in [6.45, 7) is 0.0501. The number of rotatable bonds is 3. The summed E-state index contributed by atoms with van der Waals surface area (Å²) in [6, 6.07) is 5.77. The Balaban J connectivity index is 1.70. The van der Waals surface area contributed by atoms with Crippen LogP contribution in [0, 0.1) is 5.82 Å². The number of ether oxygens (including phenoxy) is 1. The van der Waals surface area contributed by atoms with Gasteiger partial charge in [0, 0.05) is 17.4 Å². The van der Waals surface area contributed by atoms with Crippen LogP contribution in [-0.4, -0.2) is 30.0 Å². The summed E-state index contributed by atoms with van der Waals surface area (Å²) in [5.74, 6) is -4.33. The van der Waals surface area contributed by atoms with Crippen LogP contribution in [0.2, 0.25) is 5.02 Å². The highest BCUT2D eigenvalue weighted by Crippen LogP contribution is 2.44. The minimum absolute atomic E-state index is 0.103. The number of anilines is 1. The van der Waals surface area contributed by atoms with Crippen LogP contribution >= 0.6 is 11.6 Å². The number of hydrogen-bond acceptors (Lipinski definition) is 5. The monoisotopic (exact) mass is 424 g/mol. The summed E-state index contributed by atoms with van der Waals surface area (Å²) >= 11 is 5.99. The van der Waals surface area contributed by atoms with Gasteiger partial charge in [-0.2, -0.15) is 0 Å². The molecule has 0 saturated heterocycles. The summed E-state index contributed by atoms with van der Waals surface area (Å²) in [4.78, 5) is 8.32. The van der Waals surface area contributed by atoms with E-state index in [1.807, 2.05) is 6.07 Å². The highest BCUT2D eigenvalue weighted by Gasteiger charge is 2.54. The number of benzene rings is 1. The molecule has 2 atom stereocenters. The molecule has 1 aliphatic heterocycles. The number of nitrogens with one attached hydrogen (secondary N) is 1. The Labute approximate surface area is 171 Å². The average molecular weight is 425 g/mol. The van der Waals surface area contributed by atoms with Crippen LogP contribution in [0.25, 0.3) is 0 Å². The third kappa shape index (κ3) is 3.55. The number of aryl methyl sites for hydroxylation is 1. The smallest absolute Gasteiger partial charge is 0.299 e.